The van der Waals surface area contributed by atoms with Crippen LogP contribution in [0.3, 0.4) is 0 Å². The van der Waals surface area contributed by atoms with Crippen molar-refractivity contribution in [2.75, 3.05) is 13.2 Å². The molecule has 0 radical (unpaired) electrons. The molecule has 0 atom stereocenters. The maximum Gasteiger partial charge on any atom is -0.147 e. The van der Waals surface area contributed by atoms with Crippen LogP contribution < -0.4 is 3.80 Å². The molecule has 1 rings (SSSR count). The zero-order chi connectivity index (χ0) is 13.9. The maximum atomic E-state index is 5.90. The predicted octanol–water partition coefficient (Wildman–Crippen LogP) is 3.75. The minimum Gasteiger partial charge on any atom is -0.147 e. The third-order valence-electron chi connectivity index (χ3n) is 3.35. The fraction of sp³-hybridized carbons (Fsp3) is 0.692. The van der Waals surface area contributed by atoms with Gasteiger partial charge in [-0.3, -0.25) is 0 Å². The number of hydrogen-bond donors (Lipinski definition) is 1. The van der Waals surface area contributed by atoms with Crippen molar-refractivity contribution >= 4 is 40.8 Å². The van der Waals surface area contributed by atoms with E-state index >= 15 is 0 Å². The molecule has 0 saturated heterocycles. The summed E-state index contributed by atoms with van der Waals surface area (Å²) in [5, 5.41) is 4.96. The van der Waals surface area contributed by atoms with E-state index in [1.165, 1.54) is 0 Å². The summed E-state index contributed by atoms with van der Waals surface area (Å²) in [4.78, 5) is 0. The third-order valence-corrected chi connectivity index (χ3v) is 13.3. The average Bonchev–Trinajstić information content (AvgIpc) is 2.67. The van der Waals surface area contributed by atoms with Crippen molar-refractivity contribution in [1.82, 2.24) is 3.80 Å². The van der Waals surface area contributed by atoms with Crippen LogP contribution in [0.5, 0.6) is 0 Å². The summed E-state index contributed by atoms with van der Waals surface area (Å²) in [6.07, 6.45) is 9.09. The molecular weight excluding hydrogens is 361 g/mol. The van der Waals surface area contributed by atoms with Crippen LogP contribution in [0.4, 0.5) is 0 Å². The van der Waals surface area contributed by atoms with Gasteiger partial charge in [-0.25, -0.2) is 0 Å². The molecule has 0 fully saturated rings. The summed E-state index contributed by atoms with van der Waals surface area (Å²) >= 11 is -2.52. The summed E-state index contributed by atoms with van der Waals surface area (Å²) in [7, 11) is 0.905. The van der Waals surface area contributed by atoms with Gasteiger partial charge in [-0.2, -0.15) is 0 Å². The van der Waals surface area contributed by atoms with E-state index in [4.69, 9.17) is 4.43 Å². The van der Waals surface area contributed by atoms with Gasteiger partial charge in [0, 0.05) is 0 Å². The molecule has 1 aliphatic rings. The summed E-state index contributed by atoms with van der Waals surface area (Å²) in [6.45, 7) is 8.75. The molecule has 0 aliphatic heterocycles. The Hall–Kier alpha value is 1.13. The number of rotatable bonds is 7. The second-order valence-electron chi connectivity index (χ2n) is 7.25. The molecule has 120 valence electrons. The van der Waals surface area contributed by atoms with Gasteiger partial charge in [0.2, 0.25) is 0 Å². The Bertz CT molecular complexity index is 425. The molecule has 0 spiro atoms. The van der Waals surface area contributed by atoms with Crippen molar-refractivity contribution in [3.05, 3.63) is 22.1 Å². The monoisotopic (exact) mass is 391 g/mol. The first-order valence-electron chi connectivity index (χ1n) is 6.92. The van der Waals surface area contributed by atoms with Gasteiger partial charge in [0.05, 0.1) is 0 Å². The van der Waals surface area contributed by atoms with Gasteiger partial charge in [0.25, 0.3) is 0 Å². The summed E-state index contributed by atoms with van der Waals surface area (Å²) in [5.74, 6) is 0. The summed E-state index contributed by atoms with van der Waals surface area (Å²) in [6, 6.07) is 0. The van der Waals surface area contributed by atoms with Crippen molar-refractivity contribution in [3.8, 4) is 0 Å². The smallest absolute Gasteiger partial charge is 0.147 e. The van der Waals surface area contributed by atoms with E-state index in [0.29, 0.717) is 0 Å². The van der Waals surface area contributed by atoms with E-state index in [0.717, 1.165) is 26.0 Å². The quantitative estimate of drug-likeness (QED) is 0.526. The topological polar surface area (TPSA) is 21.3 Å². The van der Waals surface area contributed by atoms with Crippen molar-refractivity contribution in [2.45, 2.75) is 42.9 Å². The molecule has 0 aromatic carbocycles. The summed E-state index contributed by atoms with van der Waals surface area (Å²) in [5.41, 5.74) is 0. The van der Waals surface area contributed by atoms with Crippen LogP contribution in [-0.2, 0) is 18.7 Å². The Morgan fingerprint density at radius 1 is 1.30 bits per heavy atom. The minimum absolute atomic E-state index is 0. The molecule has 0 aromatic heterocycles. The fourth-order valence-corrected chi connectivity index (χ4v) is 8.74. The first kappa shape index (κ1) is 23.4. The molecule has 2 nitrogen and oxygen atoms in total. The van der Waals surface area contributed by atoms with E-state index in [1.807, 2.05) is 0 Å². The van der Waals surface area contributed by atoms with Gasteiger partial charge >= 0.3 is 117 Å². The molecule has 0 saturated carbocycles. The molecule has 0 amide bonds. The second kappa shape index (κ2) is 8.68. The van der Waals surface area contributed by atoms with E-state index in [9.17, 15) is 0 Å². The van der Waals surface area contributed by atoms with Gasteiger partial charge in [-0.15, -0.1) is 24.8 Å². The first-order valence-corrected chi connectivity index (χ1v) is 19.0. The molecule has 0 unspecified atom stereocenters. The SMILES string of the molecule is C[Si](C)(C)OCCC[NH][Ti]([CH3])([CH3])(=[SiH2])[C]1=CC=CC1.Cl.Cl. The van der Waals surface area contributed by atoms with Gasteiger partial charge < -0.3 is 0 Å². The van der Waals surface area contributed by atoms with E-state index in [1.54, 1.807) is 3.88 Å². The molecule has 0 bridgehead atoms. The number of hydrogen-bond acceptors (Lipinski definition) is 2. The normalized spacial score (nSPS) is 15.4. The van der Waals surface area contributed by atoms with Gasteiger partial charge in [-0.1, -0.05) is 0 Å². The number of halogens is 2. The van der Waals surface area contributed by atoms with Gasteiger partial charge in [0.1, 0.15) is 0 Å². The van der Waals surface area contributed by atoms with Crippen LogP contribution in [-0.4, -0.2) is 29.1 Å². The predicted molar refractivity (Wildman–Crippen MR) is 98.5 cm³/mol. The van der Waals surface area contributed by atoms with E-state index in [2.05, 4.69) is 59.8 Å². The third kappa shape index (κ3) is 8.54. The Morgan fingerprint density at radius 3 is 2.35 bits per heavy atom. The van der Waals surface area contributed by atoms with Gasteiger partial charge in [-0.05, 0) is 0 Å². The van der Waals surface area contributed by atoms with Gasteiger partial charge in [0.15, 0.2) is 0 Å². The van der Waals surface area contributed by atoms with E-state index in [-0.39, 0.29) is 24.8 Å². The molecule has 7 heteroatoms. The second-order valence-corrected chi connectivity index (χ2v) is 30.5. The molecule has 1 aliphatic carbocycles. The van der Waals surface area contributed by atoms with Crippen molar-refractivity contribution in [3.63, 3.8) is 0 Å². The van der Waals surface area contributed by atoms with Crippen LogP contribution in [0, 0.1) is 0 Å². The standard InChI is InChI=1S/C6H16NOSi.C5H5.2CH3.2ClH.H2Si.Ti/c1-9(2,3)8-6-4-5-7;1-2-4-5-3-1;;;;;;/h7H,4-6H2,1-3H3;1-3H,4H2;2*1H3;2*1H;1H2;/q-1;;;;;;;+1. The fourth-order valence-electron chi connectivity index (χ4n) is 2.10. The minimum atomic E-state index is -2.52. The van der Waals surface area contributed by atoms with Crippen LogP contribution >= 0.6 is 24.8 Å². The van der Waals surface area contributed by atoms with Crippen molar-refractivity contribution in [2.24, 2.45) is 0 Å². The van der Waals surface area contributed by atoms with Crippen molar-refractivity contribution < 1.29 is 18.7 Å². The summed E-state index contributed by atoms with van der Waals surface area (Å²) < 4.78 is 11.5. The number of nitrogens with one attached hydrogen (secondary N) is 1. The average molecular weight is 392 g/mol. The Labute approximate surface area is 141 Å². The zero-order valence-electron chi connectivity index (χ0n) is 13.5. The molecule has 0 aromatic rings. The largest absolute Gasteiger partial charge is 0.147 e. The molecule has 1 N–H and O–H groups in total. The molecule has 20 heavy (non-hydrogen) atoms. The Morgan fingerprint density at radius 2 is 1.90 bits per heavy atom. The Kier molecular flexibility index (Phi) is 10.2. The van der Waals surface area contributed by atoms with Crippen LogP contribution in [0.15, 0.2) is 22.1 Å². The number of allylic oxidation sites excluding steroid dienone is 4. The van der Waals surface area contributed by atoms with Crippen LogP contribution in [0.1, 0.15) is 12.8 Å². The van der Waals surface area contributed by atoms with E-state index < -0.39 is 22.6 Å². The van der Waals surface area contributed by atoms with Crippen molar-refractivity contribution in [1.29, 1.82) is 0 Å². The molecular formula is C13H31Cl2NOSi2Ti. The maximum absolute atomic E-state index is 5.90. The first-order chi connectivity index (χ1) is 8.09. The zero-order valence-corrected chi connectivity index (χ0v) is 19.1. The molecule has 0 heterocycles. The van der Waals surface area contributed by atoms with Crippen LogP contribution in [0.2, 0.25) is 30.1 Å². The Balaban J connectivity index is 0. The van der Waals surface area contributed by atoms with Crippen LogP contribution in [0.25, 0.3) is 0 Å².